The number of hydrogen-bond acceptors (Lipinski definition) is 4. The highest BCUT2D eigenvalue weighted by atomic mass is 16.7. The van der Waals surface area contributed by atoms with Crippen LogP contribution in [-0.4, -0.2) is 18.8 Å². The fourth-order valence-corrected chi connectivity index (χ4v) is 3.48. The van der Waals surface area contributed by atoms with Gasteiger partial charge in [-0.25, -0.2) is 0 Å². The number of rotatable bonds is 5. The first-order chi connectivity index (χ1) is 12.7. The monoisotopic (exact) mass is 353 g/mol. The number of amides is 1. The molecule has 2 aromatic carbocycles. The molecule has 4 rings (SSSR count). The SMILES string of the molecule is CC(Oc1cccc2c1CCCC2)C(=O)NCc1ccc2c(c1)OCO2. The van der Waals surface area contributed by atoms with E-state index in [4.69, 9.17) is 14.2 Å². The van der Waals surface area contributed by atoms with Gasteiger partial charge >= 0.3 is 0 Å². The summed E-state index contributed by atoms with van der Waals surface area (Å²) in [6.45, 7) is 2.46. The Hall–Kier alpha value is -2.69. The normalized spacial score (nSPS) is 15.9. The molecule has 0 saturated carbocycles. The van der Waals surface area contributed by atoms with Crippen LogP contribution < -0.4 is 19.5 Å². The van der Waals surface area contributed by atoms with Gasteiger partial charge < -0.3 is 19.5 Å². The standard InChI is InChI=1S/C21H23NO4/c1-14(26-18-8-4-6-16-5-2-3-7-17(16)18)21(23)22-12-15-9-10-19-20(11-15)25-13-24-19/h4,6,8-11,14H,2-3,5,7,12-13H2,1H3,(H,22,23). The molecule has 1 heterocycles. The van der Waals surface area contributed by atoms with Gasteiger partial charge in [-0.1, -0.05) is 18.2 Å². The summed E-state index contributed by atoms with van der Waals surface area (Å²) in [5.74, 6) is 2.17. The van der Waals surface area contributed by atoms with Crippen molar-refractivity contribution in [3.05, 3.63) is 53.1 Å². The van der Waals surface area contributed by atoms with Crippen molar-refractivity contribution in [2.75, 3.05) is 6.79 Å². The fourth-order valence-electron chi connectivity index (χ4n) is 3.48. The summed E-state index contributed by atoms with van der Waals surface area (Å²) >= 11 is 0. The summed E-state index contributed by atoms with van der Waals surface area (Å²) in [5, 5.41) is 2.93. The Bertz CT molecular complexity index is 818. The van der Waals surface area contributed by atoms with Crippen LogP contribution >= 0.6 is 0 Å². The Morgan fingerprint density at radius 2 is 2.00 bits per heavy atom. The molecule has 5 nitrogen and oxygen atoms in total. The second kappa shape index (κ2) is 7.28. The van der Waals surface area contributed by atoms with E-state index < -0.39 is 6.10 Å². The zero-order valence-electron chi connectivity index (χ0n) is 14.9. The molecular weight excluding hydrogens is 330 g/mol. The molecule has 0 aromatic heterocycles. The molecule has 5 heteroatoms. The minimum absolute atomic E-state index is 0.129. The first-order valence-electron chi connectivity index (χ1n) is 9.14. The zero-order chi connectivity index (χ0) is 17.9. The molecule has 0 fully saturated rings. The van der Waals surface area contributed by atoms with Crippen LogP contribution in [0.4, 0.5) is 0 Å². The number of carbonyl (C=O) groups is 1. The predicted molar refractivity (Wildman–Crippen MR) is 97.6 cm³/mol. The van der Waals surface area contributed by atoms with Crippen molar-refractivity contribution in [3.8, 4) is 17.2 Å². The van der Waals surface area contributed by atoms with Crippen molar-refractivity contribution >= 4 is 5.91 Å². The Balaban J connectivity index is 1.36. The van der Waals surface area contributed by atoms with Crippen LogP contribution in [0.15, 0.2) is 36.4 Å². The van der Waals surface area contributed by atoms with Gasteiger partial charge in [-0.3, -0.25) is 4.79 Å². The van der Waals surface area contributed by atoms with Gasteiger partial charge in [-0.2, -0.15) is 0 Å². The number of hydrogen-bond donors (Lipinski definition) is 1. The Morgan fingerprint density at radius 1 is 1.15 bits per heavy atom. The zero-order valence-corrected chi connectivity index (χ0v) is 14.9. The summed E-state index contributed by atoms with van der Waals surface area (Å²) in [5.41, 5.74) is 3.57. The van der Waals surface area contributed by atoms with Crippen molar-refractivity contribution in [2.45, 2.75) is 45.3 Å². The summed E-state index contributed by atoms with van der Waals surface area (Å²) in [7, 11) is 0. The number of fused-ring (bicyclic) bond motifs is 2. The summed E-state index contributed by atoms with van der Waals surface area (Å²) in [6.07, 6.45) is 3.98. The molecule has 1 aliphatic carbocycles. The van der Waals surface area contributed by atoms with Gasteiger partial charge in [0, 0.05) is 6.54 Å². The fraction of sp³-hybridized carbons (Fsp3) is 0.381. The maximum Gasteiger partial charge on any atom is 0.261 e. The van der Waals surface area contributed by atoms with Gasteiger partial charge in [0.2, 0.25) is 6.79 Å². The highest BCUT2D eigenvalue weighted by Gasteiger charge is 2.19. The maximum absolute atomic E-state index is 12.4. The lowest BCUT2D eigenvalue weighted by molar-refractivity contribution is -0.127. The van der Waals surface area contributed by atoms with Gasteiger partial charge in [-0.15, -0.1) is 0 Å². The molecule has 0 saturated heterocycles. The average Bonchev–Trinajstić information content (AvgIpc) is 3.14. The number of benzene rings is 2. The predicted octanol–water partition coefficient (Wildman–Crippen LogP) is 3.38. The lowest BCUT2D eigenvalue weighted by Gasteiger charge is -2.22. The number of ether oxygens (including phenoxy) is 3. The van der Waals surface area contributed by atoms with Gasteiger partial charge in [0.1, 0.15) is 5.75 Å². The maximum atomic E-state index is 12.4. The Labute approximate surface area is 153 Å². The average molecular weight is 353 g/mol. The Morgan fingerprint density at radius 3 is 2.92 bits per heavy atom. The van der Waals surface area contributed by atoms with E-state index in [1.165, 1.54) is 24.0 Å². The molecule has 1 unspecified atom stereocenters. The molecule has 0 bridgehead atoms. The molecule has 1 aliphatic heterocycles. The van der Waals surface area contributed by atoms with E-state index >= 15 is 0 Å². The van der Waals surface area contributed by atoms with E-state index in [1.807, 2.05) is 30.3 Å². The Kier molecular flexibility index (Phi) is 4.69. The van der Waals surface area contributed by atoms with E-state index in [1.54, 1.807) is 6.92 Å². The molecule has 2 aromatic rings. The van der Waals surface area contributed by atoms with E-state index in [0.717, 1.165) is 35.7 Å². The van der Waals surface area contributed by atoms with Crippen molar-refractivity contribution in [1.82, 2.24) is 5.32 Å². The van der Waals surface area contributed by atoms with Crippen molar-refractivity contribution in [2.24, 2.45) is 0 Å². The van der Waals surface area contributed by atoms with Gasteiger partial charge in [0.05, 0.1) is 0 Å². The van der Waals surface area contributed by atoms with Crippen LogP contribution in [0.5, 0.6) is 17.2 Å². The third kappa shape index (κ3) is 3.47. The van der Waals surface area contributed by atoms with Gasteiger partial charge in [-0.05, 0) is 67.5 Å². The lowest BCUT2D eigenvalue weighted by atomic mass is 9.91. The molecule has 0 spiro atoms. The van der Waals surface area contributed by atoms with Gasteiger partial charge in [0.25, 0.3) is 5.91 Å². The molecular formula is C21H23NO4. The van der Waals surface area contributed by atoms with Crippen LogP contribution in [0.3, 0.4) is 0 Å². The second-order valence-corrected chi connectivity index (χ2v) is 6.77. The van der Waals surface area contributed by atoms with Crippen LogP contribution in [-0.2, 0) is 24.2 Å². The molecule has 136 valence electrons. The highest BCUT2D eigenvalue weighted by Crippen LogP contribution is 2.32. The molecule has 1 N–H and O–H groups in total. The number of aryl methyl sites for hydroxylation is 1. The molecule has 0 radical (unpaired) electrons. The summed E-state index contributed by atoms with van der Waals surface area (Å²) < 4.78 is 16.6. The lowest BCUT2D eigenvalue weighted by Crippen LogP contribution is -2.36. The first-order valence-corrected chi connectivity index (χ1v) is 9.14. The topological polar surface area (TPSA) is 56.8 Å². The highest BCUT2D eigenvalue weighted by molar-refractivity contribution is 5.80. The number of nitrogens with one attached hydrogen (secondary N) is 1. The summed E-state index contributed by atoms with van der Waals surface area (Å²) in [4.78, 5) is 12.4. The first kappa shape index (κ1) is 16.8. The third-order valence-electron chi connectivity index (χ3n) is 4.93. The van der Waals surface area contributed by atoms with E-state index in [9.17, 15) is 4.79 Å². The molecule has 26 heavy (non-hydrogen) atoms. The van der Waals surface area contributed by atoms with Crippen molar-refractivity contribution in [3.63, 3.8) is 0 Å². The minimum atomic E-state index is -0.544. The van der Waals surface area contributed by atoms with Crippen LogP contribution in [0.25, 0.3) is 0 Å². The smallest absolute Gasteiger partial charge is 0.261 e. The van der Waals surface area contributed by atoms with Crippen LogP contribution in [0.1, 0.15) is 36.5 Å². The second-order valence-electron chi connectivity index (χ2n) is 6.77. The van der Waals surface area contributed by atoms with Gasteiger partial charge in [0.15, 0.2) is 17.6 Å². The van der Waals surface area contributed by atoms with Crippen LogP contribution in [0, 0.1) is 0 Å². The van der Waals surface area contributed by atoms with Crippen LogP contribution in [0.2, 0.25) is 0 Å². The van der Waals surface area contributed by atoms with E-state index in [0.29, 0.717) is 6.54 Å². The van der Waals surface area contributed by atoms with E-state index in [-0.39, 0.29) is 12.7 Å². The van der Waals surface area contributed by atoms with Crippen molar-refractivity contribution < 1.29 is 19.0 Å². The minimum Gasteiger partial charge on any atom is -0.481 e. The molecule has 1 amide bonds. The third-order valence-corrected chi connectivity index (χ3v) is 4.93. The summed E-state index contributed by atoms with van der Waals surface area (Å²) in [6, 6.07) is 11.8. The number of carbonyl (C=O) groups excluding carboxylic acids is 1. The quantitative estimate of drug-likeness (QED) is 0.895. The molecule has 1 atom stereocenters. The molecule has 2 aliphatic rings. The van der Waals surface area contributed by atoms with Crippen molar-refractivity contribution in [1.29, 1.82) is 0 Å². The van der Waals surface area contributed by atoms with E-state index in [2.05, 4.69) is 11.4 Å². The largest absolute Gasteiger partial charge is 0.481 e.